The molecule has 0 radical (unpaired) electrons. The molecule has 0 aromatic carbocycles. The summed E-state index contributed by atoms with van der Waals surface area (Å²) in [6.45, 7) is 3.72. The van der Waals surface area contributed by atoms with Crippen molar-refractivity contribution in [3.8, 4) is 0 Å². The molecule has 4 heteroatoms. The zero-order chi connectivity index (χ0) is 9.19. The number of carboxylic acids is 1. The number of aliphatic carboxylic acids is 1. The van der Waals surface area contributed by atoms with Crippen LogP contribution in [0.1, 0.15) is 13.8 Å². The van der Waals surface area contributed by atoms with Gasteiger partial charge in [-0.05, 0) is 19.9 Å². The van der Waals surface area contributed by atoms with E-state index < -0.39 is 11.5 Å². The Morgan fingerprint density at radius 3 is 2.75 bits per heavy atom. The third-order valence-electron chi connectivity index (χ3n) is 1.93. The summed E-state index contributed by atoms with van der Waals surface area (Å²) in [6, 6.07) is 0. The van der Waals surface area contributed by atoms with Crippen molar-refractivity contribution in [2.45, 2.75) is 19.4 Å². The molecule has 0 saturated heterocycles. The second-order valence-corrected chi connectivity index (χ2v) is 3.15. The first-order valence-electron chi connectivity index (χ1n) is 3.72. The summed E-state index contributed by atoms with van der Waals surface area (Å²) in [5.41, 5.74) is -0.881. The highest BCUT2D eigenvalue weighted by Crippen LogP contribution is 2.16. The van der Waals surface area contributed by atoms with Crippen molar-refractivity contribution in [2.24, 2.45) is 4.99 Å². The monoisotopic (exact) mass is 168 g/mol. The Morgan fingerprint density at radius 1 is 1.67 bits per heavy atom. The minimum atomic E-state index is -0.881. The van der Waals surface area contributed by atoms with Gasteiger partial charge in [-0.25, -0.2) is 4.79 Å². The van der Waals surface area contributed by atoms with Crippen molar-refractivity contribution in [3.63, 3.8) is 0 Å². The molecule has 0 saturated carbocycles. The summed E-state index contributed by atoms with van der Waals surface area (Å²) < 4.78 is 0. The van der Waals surface area contributed by atoms with Gasteiger partial charge in [-0.15, -0.1) is 0 Å². The van der Waals surface area contributed by atoms with Gasteiger partial charge in [-0.1, -0.05) is 0 Å². The van der Waals surface area contributed by atoms with E-state index in [-0.39, 0.29) is 0 Å². The van der Waals surface area contributed by atoms with Gasteiger partial charge in [-0.2, -0.15) is 0 Å². The van der Waals surface area contributed by atoms with E-state index >= 15 is 0 Å². The second kappa shape index (κ2) is 2.97. The van der Waals surface area contributed by atoms with Crippen LogP contribution in [0.5, 0.6) is 0 Å². The van der Waals surface area contributed by atoms with Crippen molar-refractivity contribution in [3.05, 3.63) is 12.3 Å². The zero-order valence-electron chi connectivity index (χ0n) is 7.19. The Hall–Kier alpha value is -1.32. The maximum atomic E-state index is 10.8. The number of allylic oxidation sites excluding steroid dienone is 1. The molecule has 66 valence electrons. The Kier molecular flexibility index (Phi) is 2.17. The molecule has 1 rings (SSSR count). The smallest absolute Gasteiger partial charge is 0.328 e. The van der Waals surface area contributed by atoms with Crippen LogP contribution in [0.25, 0.3) is 0 Å². The van der Waals surface area contributed by atoms with Gasteiger partial charge >= 0.3 is 5.97 Å². The molecular weight excluding hydrogens is 156 g/mol. The van der Waals surface area contributed by atoms with E-state index in [9.17, 15) is 4.79 Å². The summed E-state index contributed by atoms with van der Waals surface area (Å²) in [4.78, 5) is 16.4. The number of aliphatic imine (C=N–C) groups is 1. The molecule has 0 fully saturated rings. The lowest BCUT2D eigenvalue weighted by molar-refractivity contribution is -0.147. The first kappa shape index (κ1) is 8.77. The number of carboxylic acid groups (broad SMARTS) is 1. The van der Waals surface area contributed by atoms with Crippen LogP contribution in [0.4, 0.5) is 0 Å². The molecule has 0 aromatic rings. The van der Waals surface area contributed by atoms with Crippen LogP contribution in [0.15, 0.2) is 17.3 Å². The SMILES string of the molecule is CC(C)(C(=O)O)N1C=CC=NC1. The average Bonchev–Trinajstić information content (AvgIpc) is 2.06. The summed E-state index contributed by atoms with van der Waals surface area (Å²) >= 11 is 0. The molecule has 0 spiro atoms. The van der Waals surface area contributed by atoms with Crippen LogP contribution in [-0.4, -0.2) is 34.4 Å². The molecule has 0 aromatic heterocycles. The Labute approximate surface area is 71.2 Å². The topological polar surface area (TPSA) is 52.9 Å². The quantitative estimate of drug-likeness (QED) is 0.660. The lowest BCUT2D eigenvalue weighted by Crippen LogP contribution is -2.47. The predicted molar refractivity (Wildman–Crippen MR) is 46.1 cm³/mol. The van der Waals surface area contributed by atoms with Crippen LogP contribution in [-0.2, 0) is 4.79 Å². The number of carbonyl (C=O) groups is 1. The minimum absolute atomic E-state index is 0.412. The Bertz CT molecular complexity index is 243. The van der Waals surface area contributed by atoms with Gasteiger partial charge in [0.2, 0.25) is 0 Å². The van der Waals surface area contributed by atoms with Crippen molar-refractivity contribution >= 4 is 12.2 Å². The first-order valence-corrected chi connectivity index (χ1v) is 3.72. The molecule has 0 bridgehead atoms. The van der Waals surface area contributed by atoms with Gasteiger partial charge in [0, 0.05) is 12.4 Å². The van der Waals surface area contributed by atoms with Crippen molar-refractivity contribution in [1.29, 1.82) is 0 Å². The normalized spacial score (nSPS) is 16.7. The van der Waals surface area contributed by atoms with Gasteiger partial charge in [0.1, 0.15) is 12.2 Å². The first-order chi connectivity index (χ1) is 5.55. The third kappa shape index (κ3) is 1.47. The van der Waals surface area contributed by atoms with Crippen LogP contribution < -0.4 is 0 Å². The number of nitrogens with zero attached hydrogens (tertiary/aromatic N) is 2. The molecule has 1 heterocycles. The maximum Gasteiger partial charge on any atom is 0.328 e. The highest BCUT2D eigenvalue weighted by molar-refractivity contribution is 5.78. The lowest BCUT2D eigenvalue weighted by Gasteiger charge is -2.33. The Balaban J connectivity index is 2.75. The third-order valence-corrected chi connectivity index (χ3v) is 1.93. The van der Waals surface area contributed by atoms with E-state index in [4.69, 9.17) is 5.11 Å². The highest BCUT2D eigenvalue weighted by Gasteiger charge is 2.32. The van der Waals surface area contributed by atoms with E-state index in [1.807, 2.05) is 0 Å². The van der Waals surface area contributed by atoms with Gasteiger partial charge in [0.25, 0.3) is 0 Å². The summed E-state index contributed by atoms with van der Waals surface area (Å²) in [5, 5.41) is 8.87. The van der Waals surface area contributed by atoms with Crippen LogP contribution in [0, 0.1) is 0 Å². The van der Waals surface area contributed by atoms with E-state index in [0.29, 0.717) is 6.67 Å². The molecule has 0 unspecified atom stereocenters. The van der Waals surface area contributed by atoms with E-state index in [1.54, 1.807) is 37.2 Å². The van der Waals surface area contributed by atoms with Gasteiger partial charge in [-0.3, -0.25) is 4.99 Å². The molecular formula is C8H12N2O2. The number of hydrogen-bond acceptors (Lipinski definition) is 3. The van der Waals surface area contributed by atoms with Crippen molar-refractivity contribution in [1.82, 2.24) is 4.90 Å². The van der Waals surface area contributed by atoms with Crippen molar-refractivity contribution in [2.75, 3.05) is 6.67 Å². The second-order valence-electron chi connectivity index (χ2n) is 3.15. The molecule has 0 amide bonds. The fraction of sp³-hybridized carbons (Fsp3) is 0.500. The molecule has 1 N–H and O–H groups in total. The van der Waals surface area contributed by atoms with Gasteiger partial charge in [0.05, 0.1) is 0 Å². The molecule has 1 aliphatic heterocycles. The largest absolute Gasteiger partial charge is 0.480 e. The average molecular weight is 168 g/mol. The summed E-state index contributed by atoms with van der Waals surface area (Å²) in [6.07, 6.45) is 5.13. The van der Waals surface area contributed by atoms with Crippen LogP contribution in [0.3, 0.4) is 0 Å². The van der Waals surface area contributed by atoms with Gasteiger partial charge < -0.3 is 10.0 Å². The summed E-state index contributed by atoms with van der Waals surface area (Å²) in [5.74, 6) is -0.843. The van der Waals surface area contributed by atoms with Crippen molar-refractivity contribution < 1.29 is 9.90 Å². The maximum absolute atomic E-state index is 10.8. The van der Waals surface area contributed by atoms with E-state index in [2.05, 4.69) is 4.99 Å². The fourth-order valence-electron chi connectivity index (χ4n) is 0.871. The number of rotatable bonds is 2. The molecule has 1 aliphatic rings. The van der Waals surface area contributed by atoms with Gasteiger partial charge in [0.15, 0.2) is 0 Å². The molecule has 0 atom stereocenters. The minimum Gasteiger partial charge on any atom is -0.480 e. The Morgan fingerprint density at radius 2 is 2.33 bits per heavy atom. The summed E-state index contributed by atoms with van der Waals surface area (Å²) in [7, 11) is 0. The highest BCUT2D eigenvalue weighted by atomic mass is 16.4. The van der Waals surface area contributed by atoms with E-state index in [1.165, 1.54) is 0 Å². The fourth-order valence-corrected chi connectivity index (χ4v) is 0.871. The van der Waals surface area contributed by atoms with Crippen LogP contribution >= 0.6 is 0 Å². The van der Waals surface area contributed by atoms with E-state index in [0.717, 1.165) is 0 Å². The molecule has 0 aliphatic carbocycles. The predicted octanol–water partition coefficient (Wildman–Crippen LogP) is 0.707. The molecule has 4 nitrogen and oxygen atoms in total. The lowest BCUT2D eigenvalue weighted by atomic mass is 10.0. The molecule has 12 heavy (non-hydrogen) atoms. The number of hydrogen-bond donors (Lipinski definition) is 1. The standard InChI is InChI=1S/C8H12N2O2/c1-8(2,7(11)12)10-5-3-4-9-6-10/h3-5H,6H2,1-2H3,(H,11,12). The van der Waals surface area contributed by atoms with Crippen LogP contribution in [0.2, 0.25) is 0 Å². The zero-order valence-corrected chi connectivity index (χ0v) is 7.19.